The SMILES string of the molecule is COc1ccc(S(=O)(=O)NC(Cc2ccccc2)C(N)=O)cc1OC. The minimum Gasteiger partial charge on any atom is -0.493 e. The van der Waals surface area contributed by atoms with Crippen LogP contribution in [0.25, 0.3) is 0 Å². The predicted octanol–water partition coefficient (Wildman–Crippen LogP) is 1.08. The van der Waals surface area contributed by atoms with Crippen LogP contribution in [-0.4, -0.2) is 34.6 Å². The summed E-state index contributed by atoms with van der Waals surface area (Å²) in [6.07, 6.45) is 0.155. The molecule has 0 radical (unpaired) electrons. The Balaban J connectivity index is 2.27. The normalized spacial score (nSPS) is 12.4. The summed E-state index contributed by atoms with van der Waals surface area (Å²) < 4.78 is 37.7. The van der Waals surface area contributed by atoms with E-state index in [-0.39, 0.29) is 17.1 Å². The molecule has 0 aliphatic carbocycles. The average Bonchev–Trinajstić information content (AvgIpc) is 2.61. The first-order valence-corrected chi connectivity index (χ1v) is 8.93. The zero-order chi connectivity index (χ0) is 18.4. The van der Waals surface area contributed by atoms with Gasteiger partial charge >= 0.3 is 0 Å². The Morgan fingerprint density at radius 3 is 2.28 bits per heavy atom. The first kappa shape index (κ1) is 18.8. The number of hydrogen-bond donors (Lipinski definition) is 2. The van der Waals surface area contributed by atoms with E-state index >= 15 is 0 Å². The van der Waals surface area contributed by atoms with Crippen LogP contribution in [-0.2, 0) is 21.2 Å². The van der Waals surface area contributed by atoms with Gasteiger partial charge in [-0.25, -0.2) is 8.42 Å². The number of nitrogens with two attached hydrogens (primary N) is 1. The fourth-order valence-corrected chi connectivity index (χ4v) is 3.51. The van der Waals surface area contributed by atoms with Crippen LogP contribution >= 0.6 is 0 Å². The van der Waals surface area contributed by atoms with E-state index in [2.05, 4.69) is 4.72 Å². The molecule has 2 aromatic rings. The average molecular weight is 364 g/mol. The van der Waals surface area contributed by atoms with E-state index < -0.39 is 22.0 Å². The van der Waals surface area contributed by atoms with Crippen LogP contribution in [0.4, 0.5) is 0 Å². The van der Waals surface area contributed by atoms with Gasteiger partial charge < -0.3 is 15.2 Å². The van der Waals surface area contributed by atoms with Crippen LogP contribution in [0.2, 0.25) is 0 Å². The van der Waals surface area contributed by atoms with Crippen LogP contribution in [0.5, 0.6) is 11.5 Å². The van der Waals surface area contributed by atoms with Gasteiger partial charge in [-0.15, -0.1) is 0 Å². The van der Waals surface area contributed by atoms with Gasteiger partial charge in [0.15, 0.2) is 11.5 Å². The van der Waals surface area contributed by atoms with E-state index in [1.165, 1.54) is 32.4 Å². The molecule has 134 valence electrons. The highest BCUT2D eigenvalue weighted by Crippen LogP contribution is 2.29. The first-order valence-electron chi connectivity index (χ1n) is 7.45. The number of hydrogen-bond acceptors (Lipinski definition) is 5. The highest BCUT2D eigenvalue weighted by molar-refractivity contribution is 7.89. The summed E-state index contributed by atoms with van der Waals surface area (Å²) in [6.45, 7) is 0. The fourth-order valence-electron chi connectivity index (χ4n) is 2.29. The highest BCUT2D eigenvalue weighted by Gasteiger charge is 2.25. The minimum absolute atomic E-state index is 0.0514. The molecule has 1 unspecified atom stereocenters. The number of benzene rings is 2. The molecule has 7 nitrogen and oxygen atoms in total. The molecule has 8 heteroatoms. The van der Waals surface area contributed by atoms with E-state index in [0.717, 1.165) is 5.56 Å². The Bertz CT molecular complexity index is 837. The van der Waals surface area contributed by atoms with E-state index in [4.69, 9.17) is 15.2 Å². The van der Waals surface area contributed by atoms with Crippen molar-refractivity contribution in [2.45, 2.75) is 17.4 Å². The Morgan fingerprint density at radius 1 is 1.08 bits per heavy atom. The molecule has 1 atom stereocenters. The molecule has 3 N–H and O–H groups in total. The highest BCUT2D eigenvalue weighted by atomic mass is 32.2. The molecule has 0 bridgehead atoms. The summed E-state index contributed by atoms with van der Waals surface area (Å²) in [5.74, 6) is -0.0887. The number of methoxy groups -OCH3 is 2. The number of ether oxygens (including phenoxy) is 2. The molecule has 0 aromatic heterocycles. The predicted molar refractivity (Wildman–Crippen MR) is 93.0 cm³/mol. The standard InChI is InChI=1S/C17H20N2O5S/c1-23-15-9-8-13(11-16(15)24-2)25(21,22)19-14(17(18)20)10-12-6-4-3-5-7-12/h3-9,11,14,19H,10H2,1-2H3,(H2,18,20). The number of carbonyl (C=O) groups is 1. The lowest BCUT2D eigenvalue weighted by atomic mass is 10.1. The molecule has 0 saturated carbocycles. The zero-order valence-electron chi connectivity index (χ0n) is 13.9. The van der Waals surface area contributed by atoms with Crippen LogP contribution in [0.3, 0.4) is 0 Å². The molecule has 0 saturated heterocycles. The number of nitrogens with one attached hydrogen (secondary N) is 1. The first-order chi connectivity index (χ1) is 11.9. The van der Waals surface area contributed by atoms with Gasteiger partial charge in [0.1, 0.15) is 6.04 Å². The minimum atomic E-state index is -3.97. The second-order valence-electron chi connectivity index (χ2n) is 5.28. The van der Waals surface area contributed by atoms with Crippen molar-refractivity contribution < 1.29 is 22.7 Å². The lowest BCUT2D eigenvalue weighted by Crippen LogP contribution is -2.45. The van der Waals surface area contributed by atoms with E-state index in [1.807, 2.05) is 6.07 Å². The fraction of sp³-hybridized carbons (Fsp3) is 0.235. The second-order valence-corrected chi connectivity index (χ2v) is 7.00. The summed E-state index contributed by atoms with van der Waals surface area (Å²) in [7, 11) is -1.11. The third-order valence-electron chi connectivity index (χ3n) is 3.59. The van der Waals surface area contributed by atoms with Gasteiger partial charge in [0, 0.05) is 6.07 Å². The Kier molecular flexibility index (Phi) is 6.00. The number of rotatable bonds is 8. The topological polar surface area (TPSA) is 108 Å². The Hall–Kier alpha value is -2.58. The van der Waals surface area contributed by atoms with Crippen molar-refractivity contribution in [1.29, 1.82) is 0 Å². The number of sulfonamides is 1. The van der Waals surface area contributed by atoms with Gasteiger partial charge in [0.25, 0.3) is 0 Å². The van der Waals surface area contributed by atoms with Crippen LogP contribution in [0, 0.1) is 0 Å². The Labute approximate surface area is 146 Å². The molecule has 0 aliphatic heterocycles. The van der Waals surface area contributed by atoms with Gasteiger partial charge in [-0.3, -0.25) is 4.79 Å². The molecule has 0 heterocycles. The largest absolute Gasteiger partial charge is 0.493 e. The monoisotopic (exact) mass is 364 g/mol. The van der Waals surface area contributed by atoms with E-state index in [1.54, 1.807) is 24.3 Å². The van der Waals surface area contributed by atoms with Crippen molar-refractivity contribution in [3.63, 3.8) is 0 Å². The lowest BCUT2D eigenvalue weighted by Gasteiger charge is -2.16. The summed E-state index contributed by atoms with van der Waals surface area (Å²) >= 11 is 0. The molecular weight excluding hydrogens is 344 g/mol. The zero-order valence-corrected chi connectivity index (χ0v) is 14.7. The maximum Gasteiger partial charge on any atom is 0.241 e. The van der Waals surface area contributed by atoms with E-state index in [0.29, 0.717) is 5.75 Å². The number of carbonyl (C=O) groups excluding carboxylic acids is 1. The van der Waals surface area contributed by atoms with Crippen molar-refractivity contribution in [1.82, 2.24) is 4.72 Å². The van der Waals surface area contributed by atoms with Gasteiger partial charge in [-0.05, 0) is 24.1 Å². The van der Waals surface area contributed by atoms with Crippen molar-refractivity contribution in [2.75, 3.05) is 14.2 Å². The van der Waals surface area contributed by atoms with Crippen LogP contribution < -0.4 is 19.9 Å². The summed E-state index contributed by atoms with van der Waals surface area (Å²) in [6, 6.07) is 12.1. The van der Waals surface area contributed by atoms with Crippen molar-refractivity contribution in [2.24, 2.45) is 5.73 Å². The molecule has 0 aliphatic rings. The van der Waals surface area contributed by atoms with Crippen molar-refractivity contribution in [3.8, 4) is 11.5 Å². The number of primary amides is 1. The van der Waals surface area contributed by atoms with Crippen molar-refractivity contribution >= 4 is 15.9 Å². The molecule has 0 spiro atoms. The maximum atomic E-state index is 12.6. The lowest BCUT2D eigenvalue weighted by molar-refractivity contribution is -0.119. The van der Waals surface area contributed by atoms with Gasteiger partial charge in [-0.2, -0.15) is 4.72 Å². The molecule has 0 fully saturated rings. The Morgan fingerprint density at radius 2 is 1.72 bits per heavy atom. The summed E-state index contributed by atoms with van der Waals surface area (Å²) in [5, 5.41) is 0. The quantitative estimate of drug-likeness (QED) is 0.729. The third kappa shape index (κ3) is 4.71. The van der Waals surface area contributed by atoms with E-state index in [9.17, 15) is 13.2 Å². The van der Waals surface area contributed by atoms with Gasteiger partial charge in [-0.1, -0.05) is 30.3 Å². The third-order valence-corrected chi connectivity index (χ3v) is 5.06. The molecule has 2 aromatic carbocycles. The second kappa shape index (κ2) is 8.00. The van der Waals surface area contributed by atoms with Gasteiger partial charge in [0.05, 0.1) is 19.1 Å². The summed E-state index contributed by atoms with van der Waals surface area (Å²) in [4.78, 5) is 11.6. The maximum absolute atomic E-state index is 12.6. The molecule has 1 amide bonds. The molecule has 2 rings (SSSR count). The van der Waals surface area contributed by atoms with Crippen LogP contribution in [0.1, 0.15) is 5.56 Å². The molecular formula is C17H20N2O5S. The smallest absolute Gasteiger partial charge is 0.241 e. The van der Waals surface area contributed by atoms with Crippen LogP contribution in [0.15, 0.2) is 53.4 Å². The van der Waals surface area contributed by atoms with Crippen molar-refractivity contribution in [3.05, 3.63) is 54.1 Å². The molecule has 25 heavy (non-hydrogen) atoms. The number of amides is 1. The summed E-state index contributed by atoms with van der Waals surface area (Å²) in [5.41, 5.74) is 6.15. The van der Waals surface area contributed by atoms with Gasteiger partial charge in [0.2, 0.25) is 15.9 Å².